The number of amides is 2. The number of esters is 1. The number of methoxy groups -OCH3 is 1. The second kappa shape index (κ2) is 13.0. The zero-order valence-electron chi connectivity index (χ0n) is 24.6. The van der Waals surface area contributed by atoms with Crippen LogP contribution in [0.5, 0.6) is 17.2 Å². The first-order chi connectivity index (χ1) is 20.6. The predicted molar refractivity (Wildman–Crippen MR) is 156 cm³/mol. The Morgan fingerprint density at radius 1 is 1.07 bits per heavy atom. The van der Waals surface area contributed by atoms with E-state index in [2.05, 4.69) is 27.1 Å². The third-order valence-corrected chi connectivity index (χ3v) is 6.65. The molecule has 3 N–H and O–H groups in total. The minimum atomic E-state index is -1.29. The largest absolute Gasteiger partial charge is 0.474 e. The number of carbonyl (C=O) groups excluding carboxylic acids is 3. The van der Waals surface area contributed by atoms with E-state index in [-0.39, 0.29) is 12.5 Å². The van der Waals surface area contributed by atoms with Crippen LogP contribution in [0.4, 0.5) is 11.4 Å². The summed E-state index contributed by atoms with van der Waals surface area (Å²) in [5.74, 6) is -0.545. The molecule has 0 radical (unpaired) electrons. The first-order valence-electron chi connectivity index (χ1n) is 13.6. The summed E-state index contributed by atoms with van der Waals surface area (Å²) in [6.07, 6.45) is 3.08. The van der Waals surface area contributed by atoms with E-state index in [9.17, 15) is 19.6 Å². The third-order valence-electron chi connectivity index (χ3n) is 6.65. The molecule has 1 aliphatic rings. The predicted octanol–water partition coefficient (Wildman–Crippen LogP) is 2.17. The summed E-state index contributed by atoms with van der Waals surface area (Å²) < 4.78 is 18.6. The van der Waals surface area contributed by atoms with Gasteiger partial charge in [-0.1, -0.05) is 16.5 Å². The highest BCUT2D eigenvalue weighted by atomic mass is 16.5. The first-order valence-corrected chi connectivity index (χ1v) is 13.6. The van der Waals surface area contributed by atoms with Crippen molar-refractivity contribution in [2.24, 2.45) is 5.92 Å². The number of para-hydroxylation sites is 2. The number of rotatable bonds is 11. The van der Waals surface area contributed by atoms with Gasteiger partial charge in [0.15, 0.2) is 29.2 Å². The van der Waals surface area contributed by atoms with Crippen LogP contribution in [0, 0.1) is 23.5 Å². The number of nitrogens with one attached hydrogen (secondary N) is 3. The SMILES string of the molecule is CCNC(=O)CNC(=O)C(C)(C)Oc1ccccc1Oc1ccc(Nc2c(C#N)cn[n+]3c2=C(C)C(C(=O)OC)C=3)cc1. The number of carbonyl (C=O) groups is 3. The Hall–Kier alpha value is -5.44. The van der Waals surface area contributed by atoms with Gasteiger partial charge in [0.05, 0.1) is 13.7 Å². The third kappa shape index (κ3) is 6.90. The van der Waals surface area contributed by atoms with Crippen molar-refractivity contribution in [3.63, 3.8) is 0 Å². The molecular formula is C31H33N6O6+. The van der Waals surface area contributed by atoms with Gasteiger partial charge in [-0.15, -0.1) is 0 Å². The van der Waals surface area contributed by atoms with Gasteiger partial charge < -0.3 is 30.2 Å². The van der Waals surface area contributed by atoms with Crippen molar-refractivity contribution in [1.29, 1.82) is 5.26 Å². The average Bonchev–Trinajstić information content (AvgIpc) is 3.34. The van der Waals surface area contributed by atoms with Gasteiger partial charge in [-0.3, -0.25) is 14.4 Å². The number of anilines is 2. The molecule has 1 aromatic heterocycles. The summed E-state index contributed by atoms with van der Waals surface area (Å²) in [5.41, 5.74) is 0.907. The van der Waals surface area contributed by atoms with E-state index in [0.29, 0.717) is 51.7 Å². The lowest BCUT2D eigenvalue weighted by Gasteiger charge is -2.26. The maximum atomic E-state index is 12.7. The number of hydrogen-bond acceptors (Lipinski definition) is 9. The normalized spacial score (nSPS) is 13.6. The molecule has 2 aromatic carbocycles. The molecule has 0 spiro atoms. The van der Waals surface area contributed by atoms with E-state index in [0.717, 1.165) is 0 Å². The highest BCUT2D eigenvalue weighted by molar-refractivity contribution is 5.89. The van der Waals surface area contributed by atoms with Gasteiger partial charge >= 0.3 is 5.97 Å². The van der Waals surface area contributed by atoms with Crippen LogP contribution in [0.3, 0.4) is 0 Å². The molecule has 0 fully saturated rings. The Morgan fingerprint density at radius 2 is 1.77 bits per heavy atom. The Morgan fingerprint density at radius 3 is 2.42 bits per heavy atom. The molecule has 1 atom stereocenters. The zero-order chi connectivity index (χ0) is 31.1. The van der Waals surface area contributed by atoms with Crippen molar-refractivity contribution in [3.8, 4) is 23.3 Å². The molecule has 0 bridgehead atoms. The number of hydrogen-bond donors (Lipinski definition) is 3. The van der Waals surface area contributed by atoms with Crippen LogP contribution in [-0.2, 0) is 19.1 Å². The highest BCUT2D eigenvalue weighted by Crippen LogP contribution is 2.34. The van der Waals surface area contributed by atoms with Crippen LogP contribution < -0.4 is 35.1 Å². The maximum absolute atomic E-state index is 12.7. The summed E-state index contributed by atoms with van der Waals surface area (Å²) in [6.45, 7) is 7.11. The Kier molecular flexibility index (Phi) is 9.25. The molecular weight excluding hydrogens is 552 g/mol. The number of fused-ring (bicyclic) bond motifs is 1. The molecule has 4 rings (SSSR count). The van der Waals surface area contributed by atoms with Crippen molar-refractivity contribution < 1.29 is 33.0 Å². The summed E-state index contributed by atoms with van der Waals surface area (Å²) in [5, 5.41) is 23.1. The highest BCUT2D eigenvalue weighted by Gasteiger charge is 2.34. The monoisotopic (exact) mass is 585 g/mol. The molecule has 2 heterocycles. The van der Waals surface area contributed by atoms with Crippen molar-refractivity contribution in [1.82, 2.24) is 15.7 Å². The van der Waals surface area contributed by atoms with Gasteiger partial charge in [-0.05, 0) is 69.2 Å². The Balaban J connectivity index is 1.51. The van der Waals surface area contributed by atoms with Gasteiger partial charge in [0.1, 0.15) is 29.3 Å². The number of aromatic nitrogens is 2. The first kappa shape index (κ1) is 30.5. The van der Waals surface area contributed by atoms with E-state index in [4.69, 9.17) is 14.2 Å². The van der Waals surface area contributed by atoms with Gasteiger partial charge in [0, 0.05) is 17.8 Å². The molecule has 1 aliphatic heterocycles. The number of likely N-dealkylation sites (N-methyl/N-ethyl adjacent to an activating group) is 1. The minimum Gasteiger partial charge on any atom is -0.474 e. The maximum Gasteiger partial charge on any atom is 0.323 e. The molecule has 2 amide bonds. The topological polar surface area (TPSA) is 158 Å². The lowest BCUT2D eigenvalue weighted by Crippen LogP contribution is -2.49. The fourth-order valence-corrected chi connectivity index (χ4v) is 4.40. The van der Waals surface area contributed by atoms with Crippen LogP contribution in [0.15, 0.2) is 54.7 Å². The number of nitriles is 1. The lowest BCUT2D eigenvalue weighted by atomic mass is 10.0. The number of ether oxygens (including phenoxy) is 3. The van der Waals surface area contributed by atoms with E-state index in [1.54, 1.807) is 86.8 Å². The van der Waals surface area contributed by atoms with Crippen molar-refractivity contribution in [2.45, 2.75) is 33.3 Å². The molecule has 0 saturated heterocycles. The minimum absolute atomic E-state index is 0.156. The molecule has 3 aromatic rings. The molecule has 43 heavy (non-hydrogen) atoms. The van der Waals surface area contributed by atoms with Gasteiger partial charge in [-0.2, -0.15) is 5.26 Å². The summed E-state index contributed by atoms with van der Waals surface area (Å²) >= 11 is 0. The summed E-state index contributed by atoms with van der Waals surface area (Å²) in [7, 11) is 1.33. The second-order valence-electron chi connectivity index (χ2n) is 10.1. The van der Waals surface area contributed by atoms with Crippen LogP contribution in [0.2, 0.25) is 0 Å². The summed E-state index contributed by atoms with van der Waals surface area (Å²) in [6, 6.07) is 16.1. The van der Waals surface area contributed by atoms with Crippen LogP contribution in [-0.4, -0.2) is 48.7 Å². The smallest absolute Gasteiger partial charge is 0.323 e. The van der Waals surface area contributed by atoms with Gasteiger partial charge in [-0.25, -0.2) is 0 Å². The molecule has 0 saturated carbocycles. The van der Waals surface area contributed by atoms with Gasteiger partial charge in [0.2, 0.25) is 5.91 Å². The average molecular weight is 586 g/mol. The number of nitrogens with zero attached hydrogens (tertiary/aromatic N) is 3. The molecule has 12 heteroatoms. The zero-order valence-corrected chi connectivity index (χ0v) is 24.6. The van der Waals surface area contributed by atoms with Crippen LogP contribution in [0.25, 0.3) is 5.57 Å². The van der Waals surface area contributed by atoms with Crippen LogP contribution >= 0.6 is 0 Å². The fraction of sp³-hybridized carbons (Fsp3) is 0.290. The fourth-order valence-electron chi connectivity index (χ4n) is 4.40. The Labute approximate surface area is 248 Å². The number of benzene rings is 2. The van der Waals surface area contributed by atoms with E-state index in [1.165, 1.54) is 13.3 Å². The Bertz CT molecular complexity index is 1710. The lowest BCUT2D eigenvalue weighted by molar-refractivity contribution is -0.589. The molecule has 12 nitrogen and oxygen atoms in total. The second-order valence-corrected chi connectivity index (χ2v) is 10.1. The van der Waals surface area contributed by atoms with E-state index >= 15 is 0 Å². The molecule has 1 unspecified atom stereocenters. The molecule has 0 aliphatic carbocycles. The summed E-state index contributed by atoms with van der Waals surface area (Å²) in [4.78, 5) is 36.7. The quantitative estimate of drug-likeness (QED) is 0.227. The van der Waals surface area contributed by atoms with Gasteiger partial charge in [0.25, 0.3) is 11.3 Å². The standard InChI is InChI=1S/C31H32N6O6/c1-6-33-26(38)17-34-30(40)31(3,4)43-25-10-8-7-9-24(25)42-22-13-11-21(12-14-22)36-27-20(15-32)16-35-37-18-23(29(39)41-5)19(2)28(27)37/h7-14,16,18,23H,6,17H2,1-5H3,(H2-,33,34,35,36,38,40)/p+1. The van der Waals surface area contributed by atoms with Crippen molar-refractivity contribution in [2.75, 3.05) is 25.5 Å². The van der Waals surface area contributed by atoms with E-state index in [1.807, 2.05) is 0 Å². The van der Waals surface area contributed by atoms with E-state index < -0.39 is 23.4 Å². The van der Waals surface area contributed by atoms with Crippen molar-refractivity contribution >= 4 is 34.7 Å². The van der Waals surface area contributed by atoms with Crippen LogP contribution in [0.1, 0.15) is 33.3 Å². The van der Waals surface area contributed by atoms with Crippen molar-refractivity contribution in [3.05, 3.63) is 71.9 Å². The molecule has 222 valence electrons.